The minimum Gasteiger partial charge on any atom is -0.408 e. The summed E-state index contributed by atoms with van der Waals surface area (Å²) in [5.41, 5.74) is 1.90. The maximum Gasteiger partial charge on any atom is 0.331 e. The van der Waals surface area contributed by atoms with E-state index in [1.54, 1.807) is 11.5 Å². The van der Waals surface area contributed by atoms with Gasteiger partial charge in [-0.3, -0.25) is 10.1 Å². The van der Waals surface area contributed by atoms with Crippen molar-refractivity contribution in [2.24, 2.45) is 5.41 Å². The Morgan fingerprint density at radius 1 is 1.20 bits per heavy atom. The van der Waals surface area contributed by atoms with E-state index in [4.69, 9.17) is 4.42 Å². The maximum atomic E-state index is 12.3. The SMILES string of the molecule is C.Cc1ccc2nc(NC(=O)CC(C)(C)C)n(-c3nnc(C)o3)c2n1. The van der Waals surface area contributed by atoms with Crippen LogP contribution in [0, 0.1) is 19.3 Å². The second-order valence-corrected chi connectivity index (χ2v) is 6.96. The van der Waals surface area contributed by atoms with Gasteiger partial charge in [-0.15, -0.1) is 5.10 Å². The summed E-state index contributed by atoms with van der Waals surface area (Å²) in [6.07, 6.45) is 0.367. The van der Waals surface area contributed by atoms with Crippen LogP contribution < -0.4 is 5.32 Å². The largest absolute Gasteiger partial charge is 0.408 e. The fraction of sp³-hybridized carbons (Fsp3) is 0.471. The highest BCUT2D eigenvalue weighted by Crippen LogP contribution is 2.24. The minimum atomic E-state index is -0.132. The lowest BCUT2D eigenvalue weighted by atomic mass is 9.92. The van der Waals surface area contributed by atoms with Crippen LogP contribution >= 0.6 is 0 Å². The van der Waals surface area contributed by atoms with E-state index in [-0.39, 0.29) is 24.8 Å². The maximum absolute atomic E-state index is 12.3. The quantitative estimate of drug-likeness (QED) is 0.781. The normalized spacial score (nSPS) is 11.4. The first-order valence-corrected chi connectivity index (χ1v) is 7.69. The topological polar surface area (TPSA) is 98.7 Å². The summed E-state index contributed by atoms with van der Waals surface area (Å²) in [6.45, 7) is 9.59. The molecule has 0 saturated carbocycles. The molecule has 3 rings (SSSR count). The van der Waals surface area contributed by atoms with Crippen molar-refractivity contribution < 1.29 is 9.21 Å². The highest BCUT2D eigenvalue weighted by molar-refractivity contribution is 5.91. The number of rotatable bonds is 3. The monoisotopic (exact) mass is 344 g/mol. The average molecular weight is 344 g/mol. The summed E-state index contributed by atoms with van der Waals surface area (Å²) in [4.78, 5) is 21.2. The lowest BCUT2D eigenvalue weighted by Gasteiger charge is -2.16. The van der Waals surface area contributed by atoms with Crippen molar-refractivity contribution in [1.29, 1.82) is 0 Å². The first-order valence-electron chi connectivity index (χ1n) is 7.69. The molecule has 8 nitrogen and oxygen atoms in total. The second-order valence-electron chi connectivity index (χ2n) is 6.96. The third-order valence-corrected chi connectivity index (χ3v) is 3.29. The molecule has 0 aromatic carbocycles. The number of nitrogens with zero attached hydrogens (tertiary/aromatic N) is 5. The van der Waals surface area contributed by atoms with Gasteiger partial charge < -0.3 is 4.42 Å². The molecule has 1 N–H and O–H groups in total. The van der Waals surface area contributed by atoms with Crippen LogP contribution in [0.1, 0.15) is 46.2 Å². The van der Waals surface area contributed by atoms with Crippen LogP contribution in [0.3, 0.4) is 0 Å². The zero-order valence-corrected chi connectivity index (χ0v) is 14.4. The predicted molar refractivity (Wildman–Crippen MR) is 95.6 cm³/mol. The number of anilines is 1. The molecule has 0 saturated heterocycles. The van der Waals surface area contributed by atoms with Gasteiger partial charge in [-0.1, -0.05) is 33.3 Å². The van der Waals surface area contributed by atoms with Crippen molar-refractivity contribution in [2.45, 2.75) is 48.5 Å². The molecule has 3 aromatic heterocycles. The Balaban J connectivity index is 0.00000225. The summed E-state index contributed by atoms with van der Waals surface area (Å²) >= 11 is 0. The summed E-state index contributed by atoms with van der Waals surface area (Å²) in [5, 5.41) is 10.7. The van der Waals surface area contributed by atoms with Crippen molar-refractivity contribution in [2.75, 3.05) is 5.32 Å². The number of aromatic nitrogens is 5. The van der Waals surface area contributed by atoms with E-state index in [0.29, 0.717) is 29.4 Å². The molecule has 0 atom stereocenters. The van der Waals surface area contributed by atoms with Crippen molar-refractivity contribution in [3.63, 3.8) is 0 Å². The van der Waals surface area contributed by atoms with Crippen molar-refractivity contribution in [1.82, 2.24) is 24.7 Å². The Kier molecular flexibility index (Phi) is 4.92. The molecule has 0 aliphatic rings. The first-order chi connectivity index (χ1) is 11.2. The van der Waals surface area contributed by atoms with Crippen LogP contribution in [0.15, 0.2) is 16.5 Å². The predicted octanol–water partition coefficient (Wildman–Crippen LogP) is 3.43. The molecule has 0 bridgehead atoms. The number of fused-ring (bicyclic) bond motifs is 1. The van der Waals surface area contributed by atoms with Crippen LogP contribution in [0.25, 0.3) is 17.2 Å². The van der Waals surface area contributed by atoms with Crippen molar-refractivity contribution in [3.8, 4) is 6.01 Å². The molecule has 0 aliphatic heterocycles. The van der Waals surface area contributed by atoms with E-state index in [0.717, 1.165) is 5.69 Å². The van der Waals surface area contributed by atoms with E-state index in [1.165, 1.54) is 0 Å². The van der Waals surface area contributed by atoms with Gasteiger partial charge >= 0.3 is 6.01 Å². The van der Waals surface area contributed by atoms with E-state index in [2.05, 4.69) is 25.5 Å². The van der Waals surface area contributed by atoms with Crippen LogP contribution in [-0.4, -0.2) is 30.6 Å². The number of amides is 1. The van der Waals surface area contributed by atoms with Crippen LogP contribution in [0.4, 0.5) is 5.95 Å². The molecule has 0 aliphatic carbocycles. The lowest BCUT2D eigenvalue weighted by molar-refractivity contribution is -0.117. The van der Waals surface area contributed by atoms with Gasteiger partial charge in [-0.05, 0) is 24.5 Å². The standard InChI is InChI=1S/C16H20N6O2.CH4/c1-9-6-7-11-13(17-9)22(15-21-20-10(2)24-15)14(18-11)19-12(23)8-16(3,4)5;/h6-7H,8H2,1-5H3,(H,18,19,23);1H4. The number of carbonyl (C=O) groups excluding carboxylic acids is 1. The van der Waals surface area contributed by atoms with Gasteiger partial charge in [0.15, 0.2) is 5.65 Å². The van der Waals surface area contributed by atoms with E-state index in [9.17, 15) is 4.79 Å². The number of hydrogen-bond donors (Lipinski definition) is 1. The molecular formula is C17H24N6O2. The number of aryl methyl sites for hydroxylation is 2. The molecule has 1 amide bonds. The van der Waals surface area contributed by atoms with Gasteiger partial charge in [0.25, 0.3) is 0 Å². The first kappa shape index (κ1) is 18.6. The van der Waals surface area contributed by atoms with Crippen molar-refractivity contribution in [3.05, 3.63) is 23.7 Å². The zero-order valence-electron chi connectivity index (χ0n) is 14.4. The zero-order chi connectivity index (χ0) is 17.5. The van der Waals surface area contributed by atoms with Gasteiger partial charge in [0, 0.05) is 19.0 Å². The van der Waals surface area contributed by atoms with E-state index >= 15 is 0 Å². The molecule has 0 spiro atoms. The second kappa shape index (κ2) is 6.62. The van der Waals surface area contributed by atoms with E-state index in [1.807, 2.05) is 39.8 Å². The van der Waals surface area contributed by atoms with Gasteiger partial charge in [-0.25, -0.2) is 14.5 Å². The fourth-order valence-corrected chi connectivity index (χ4v) is 2.34. The molecule has 25 heavy (non-hydrogen) atoms. The minimum absolute atomic E-state index is 0. The third kappa shape index (κ3) is 4.01. The van der Waals surface area contributed by atoms with E-state index < -0.39 is 0 Å². The van der Waals surface area contributed by atoms with Gasteiger partial charge in [-0.2, -0.15) is 0 Å². The summed E-state index contributed by atoms with van der Waals surface area (Å²) in [7, 11) is 0. The third-order valence-electron chi connectivity index (χ3n) is 3.29. The highest BCUT2D eigenvalue weighted by Gasteiger charge is 2.22. The Morgan fingerprint density at radius 2 is 1.92 bits per heavy atom. The molecule has 0 unspecified atom stereocenters. The molecule has 3 heterocycles. The summed E-state index contributed by atoms with van der Waals surface area (Å²) in [6, 6.07) is 3.93. The number of imidazole rings is 1. The Morgan fingerprint density at radius 3 is 2.52 bits per heavy atom. The molecule has 3 aromatic rings. The van der Waals surface area contributed by atoms with Crippen LogP contribution in [0.5, 0.6) is 0 Å². The molecular weight excluding hydrogens is 320 g/mol. The fourth-order valence-electron chi connectivity index (χ4n) is 2.34. The Bertz CT molecular complexity index is 904. The Labute approximate surface area is 146 Å². The Hall–Kier alpha value is -2.77. The number of hydrogen-bond acceptors (Lipinski definition) is 6. The summed E-state index contributed by atoms with van der Waals surface area (Å²) < 4.78 is 7.08. The molecule has 134 valence electrons. The van der Waals surface area contributed by atoms with Gasteiger partial charge in [0.2, 0.25) is 17.7 Å². The van der Waals surface area contributed by atoms with Crippen LogP contribution in [-0.2, 0) is 4.79 Å². The molecule has 8 heteroatoms. The molecule has 0 fully saturated rings. The average Bonchev–Trinajstić information content (AvgIpc) is 2.99. The number of carbonyl (C=O) groups is 1. The highest BCUT2D eigenvalue weighted by atomic mass is 16.4. The van der Waals surface area contributed by atoms with Crippen LogP contribution in [0.2, 0.25) is 0 Å². The van der Waals surface area contributed by atoms with Gasteiger partial charge in [0.05, 0.1) is 0 Å². The van der Waals surface area contributed by atoms with Gasteiger partial charge in [0.1, 0.15) is 5.52 Å². The smallest absolute Gasteiger partial charge is 0.331 e. The molecule has 0 radical (unpaired) electrons. The number of pyridine rings is 1. The lowest BCUT2D eigenvalue weighted by Crippen LogP contribution is -2.21. The number of nitrogens with one attached hydrogen (secondary N) is 1. The van der Waals surface area contributed by atoms with Crippen molar-refractivity contribution >= 4 is 23.0 Å². The summed E-state index contributed by atoms with van der Waals surface area (Å²) in [5.74, 6) is 0.611.